The van der Waals surface area contributed by atoms with Gasteiger partial charge in [-0.2, -0.15) is 0 Å². The molecule has 0 saturated heterocycles. The number of benzene rings is 2. The molecule has 2 amide bonds. The highest BCUT2D eigenvalue weighted by Crippen LogP contribution is 2.29. The Morgan fingerprint density at radius 1 is 0.971 bits per heavy atom. The fraction of sp³-hybridized carbons (Fsp3) is 0.375. The number of halogens is 2. The Labute approximate surface area is 222 Å². The maximum absolute atomic E-state index is 12.7. The summed E-state index contributed by atoms with van der Waals surface area (Å²) in [7, 11) is 0. The molecule has 3 N–H and O–H groups in total. The molecular formula is C24H29Br2N3O4S. The molecule has 0 aliphatic rings. The van der Waals surface area contributed by atoms with Crippen molar-refractivity contribution < 1.29 is 19.1 Å². The van der Waals surface area contributed by atoms with E-state index in [4.69, 9.17) is 21.7 Å². The van der Waals surface area contributed by atoms with E-state index in [2.05, 4.69) is 75.7 Å². The predicted octanol–water partition coefficient (Wildman–Crippen LogP) is 5.47. The molecule has 0 heterocycles. The van der Waals surface area contributed by atoms with Crippen molar-refractivity contribution in [2.24, 2.45) is 5.92 Å². The summed E-state index contributed by atoms with van der Waals surface area (Å²) in [6.07, 6.45) is 0.865. The summed E-state index contributed by atoms with van der Waals surface area (Å²) in [5, 5.41) is 2.47. The van der Waals surface area contributed by atoms with Gasteiger partial charge in [0.15, 0.2) is 11.7 Å². The van der Waals surface area contributed by atoms with Crippen molar-refractivity contribution in [3.05, 3.63) is 56.5 Å². The van der Waals surface area contributed by atoms with Gasteiger partial charge in [-0.3, -0.25) is 25.8 Å². The number of carbonyl (C=O) groups excluding carboxylic acids is 2. The monoisotopic (exact) mass is 613 g/mol. The molecule has 0 aliphatic heterocycles. The van der Waals surface area contributed by atoms with Gasteiger partial charge < -0.3 is 9.47 Å². The zero-order chi connectivity index (χ0) is 25.3. The molecule has 0 unspecified atom stereocenters. The molecule has 2 rings (SSSR count). The van der Waals surface area contributed by atoms with Crippen LogP contribution in [-0.2, 0) is 4.79 Å². The largest absolute Gasteiger partial charge is 0.493 e. The first-order valence-corrected chi connectivity index (χ1v) is 12.8. The van der Waals surface area contributed by atoms with Crippen molar-refractivity contribution in [3.63, 3.8) is 0 Å². The van der Waals surface area contributed by atoms with Crippen molar-refractivity contribution in [2.45, 2.75) is 40.0 Å². The molecule has 0 aliphatic carbocycles. The van der Waals surface area contributed by atoms with Gasteiger partial charge >= 0.3 is 0 Å². The molecule has 0 fully saturated rings. The number of ether oxygens (including phenoxy) is 2. The Bertz CT molecular complexity index is 1030. The first-order valence-electron chi connectivity index (χ1n) is 10.8. The molecule has 0 atom stereocenters. The van der Waals surface area contributed by atoms with Gasteiger partial charge in [-0.15, -0.1) is 0 Å². The second-order valence-electron chi connectivity index (χ2n) is 8.26. The molecular weight excluding hydrogens is 586 g/mol. The summed E-state index contributed by atoms with van der Waals surface area (Å²) >= 11 is 11.9. The van der Waals surface area contributed by atoms with E-state index in [-0.39, 0.29) is 11.7 Å². The lowest BCUT2D eigenvalue weighted by Crippen LogP contribution is -2.49. The van der Waals surface area contributed by atoms with Crippen LogP contribution in [0.5, 0.6) is 11.5 Å². The molecule has 184 valence electrons. The summed E-state index contributed by atoms with van der Waals surface area (Å²) in [5.74, 6) is 0.951. The normalized spacial score (nSPS) is 10.7. The standard InChI is InChI=1S/C24H29Br2N3O4S/c1-14(2)9-10-32-20-8-6-17(25)12-18(20)23(31)27-24(34)29-28-22(30)13-33-21-7-5-16(15(3)4)11-19(21)26/h5-8,11-12,14-15H,9-10,13H2,1-4H3,(H,28,30)(H2,27,29,31,34). The second-order valence-corrected chi connectivity index (χ2v) is 10.4. The third-order valence-electron chi connectivity index (χ3n) is 4.66. The van der Waals surface area contributed by atoms with E-state index < -0.39 is 11.8 Å². The minimum absolute atomic E-state index is 0.0612. The summed E-state index contributed by atoms with van der Waals surface area (Å²) in [4.78, 5) is 24.8. The van der Waals surface area contributed by atoms with Crippen LogP contribution in [0.25, 0.3) is 0 Å². The fourth-order valence-corrected chi connectivity index (χ4v) is 3.73. The Morgan fingerprint density at radius 2 is 1.68 bits per heavy atom. The van der Waals surface area contributed by atoms with Crippen molar-refractivity contribution >= 4 is 61.0 Å². The Kier molecular flexibility index (Phi) is 11.3. The van der Waals surface area contributed by atoms with Crippen LogP contribution in [0.3, 0.4) is 0 Å². The van der Waals surface area contributed by atoms with Gasteiger partial charge in [-0.25, -0.2) is 0 Å². The van der Waals surface area contributed by atoms with Crippen LogP contribution < -0.4 is 25.6 Å². The van der Waals surface area contributed by atoms with E-state index in [1.165, 1.54) is 0 Å². The number of carbonyl (C=O) groups is 2. The van der Waals surface area contributed by atoms with Gasteiger partial charge in [-0.05, 0) is 82.3 Å². The van der Waals surface area contributed by atoms with Crippen molar-refractivity contribution in [1.29, 1.82) is 0 Å². The first kappa shape index (κ1) is 28.1. The van der Waals surface area contributed by atoms with Crippen LogP contribution in [0.1, 0.15) is 56.0 Å². The molecule has 2 aromatic carbocycles. The van der Waals surface area contributed by atoms with E-state index in [1.54, 1.807) is 18.2 Å². The number of amides is 2. The van der Waals surface area contributed by atoms with Crippen molar-refractivity contribution in [1.82, 2.24) is 16.2 Å². The van der Waals surface area contributed by atoms with Gasteiger partial charge in [0.1, 0.15) is 11.5 Å². The van der Waals surface area contributed by atoms with Gasteiger partial charge in [0.05, 0.1) is 16.6 Å². The highest BCUT2D eigenvalue weighted by molar-refractivity contribution is 9.10. The highest BCUT2D eigenvalue weighted by Gasteiger charge is 2.16. The van der Waals surface area contributed by atoms with Crippen LogP contribution in [0.15, 0.2) is 45.3 Å². The molecule has 10 heteroatoms. The average Bonchev–Trinajstić information content (AvgIpc) is 2.77. The Hall–Kier alpha value is -2.17. The topological polar surface area (TPSA) is 88.7 Å². The lowest BCUT2D eigenvalue weighted by atomic mass is 10.0. The molecule has 0 bridgehead atoms. The predicted molar refractivity (Wildman–Crippen MR) is 144 cm³/mol. The smallest absolute Gasteiger partial charge is 0.276 e. The molecule has 0 spiro atoms. The molecule has 0 aromatic heterocycles. The zero-order valence-corrected chi connectivity index (χ0v) is 23.5. The number of hydrogen-bond acceptors (Lipinski definition) is 5. The second kappa shape index (κ2) is 13.7. The van der Waals surface area contributed by atoms with Crippen molar-refractivity contribution in [2.75, 3.05) is 13.2 Å². The fourth-order valence-electron chi connectivity index (χ4n) is 2.71. The third-order valence-corrected chi connectivity index (χ3v) is 5.98. The van der Waals surface area contributed by atoms with Gasteiger partial charge in [0, 0.05) is 4.47 Å². The van der Waals surface area contributed by atoms with Gasteiger partial charge in [0.25, 0.3) is 11.8 Å². The van der Waals surface area contributed by atoms with E-state index in [9.17, 15) is 9.59 Å². The minimum Gasteiger partial charge on any atom is -0.493 e. The van der Waals surface area contributed by atoms with Crippen molar-refractivity contribution in [3.8, 4) is 11.5 Å². The van der Waals surface area contributed by atoms with E-state index >= 15 is 0 Å². The van der Waals surface area contributed by atoms with E-state index in [1.807, 2.05) is 18.2 Å². The van der Waals surface area contributed by atoms with Gasteiger partial charge in [-0.1, -0.05) is 49.7 Å². The quantitative estimate of drug-likeness (QED) is 0.256. The lowest BCUT2D eigenvalue weighted by Gasteiger charge is -2.15. The average molecular weight is 615 g/mol. The van der Waals surface area contributed by atoms with Crippen LogP contribution in [0.4, 0.5) is 0 Å². The number of hydrazine groups is 1. The highest BCUT2D eigenvalue weighted by atomic mass is 79.9. The van der Waals surface area contributed by atoms with E-state index in [0.29, 0.717) is 35.5 Å². The molecule has 34 heavy (non-hydrogen) atoms. The summed E-state index contributed by atoms with van der Waals surface area (Å²) in [6, 6.07) is 10.9. The van der Waals surface area contributed by atoms with Crippen LogP contribution >= 0.6 is 44.1 Å². The number of hydrogen-bond donors (Lipinski definition) is 3. The Balaban J connectivity index is 1.85. The summed E-state index contributed by atoms with van der Waals surface area (Å²) in [6.45, 7) is 8.66. The SMILES string of the molecule is CC(C)CCOc1ccc(Br)cc1C(=O)NC(=S)NNC(=O)COc1ccc(C(C)C)cc1Br. The molecule has 2 aromatic rings. The zero-order valence-electron chi connectivity index (χ0n) is 19.5. The Morgan fingerprint density at radius 3 is 2.32 bits per heavy atom. The maximum atomic E-state index is 12.7. The maximum Gasteiger partial charge on any atom is 0.276 e. The summed E-state index contributed by atoms with van der Waals surface area (Å²) < 4.78 is 12.8. The number of nitrogens with one attached hydrogen (secondary N) is 3. The number of thiocarbonyl (C=S) groups is 1. The van der Waals surface area contributed by atoms with E-state index in [0.717, 1.165) is 20.9 Å². The van der Waals surface area contributed by atoms with Crippen LogP contribution in [-0.4, -0.2) is 30.1 Å². The minimum atomic E-state index is -0.461. The lowest BCUT2D eigenvalue weighted by molar-refractivity contribution is -0.123. The summed E-state index contributed by atoms with van der Waals surface area (Å²) in [5.41, 5.74) is 6.39. The first-order chi connectivity index (χ1) is 16.1. The number of rotatable bonds is 9. The van der Waals surface area contributed by atoms with Crippen LogP contribution in [0, 0.1) is 5.92 Å². The molecule has 0 radical (unpaired) electrons. The third kappa shape index (κ3) is 9.23. The molecule has 0 saturated carbocycles. The van der Waals surface area contributed by atoms with Gasteiger partial charge in [0.2, 0.25) is 0 Å². The molecule has 7 nitrogen and oxygen atoms in total. The van der Waals surface area contributed by atoms with Crippen LogP contribution in [0.2, 0.25) is 0 Å².